The molecule has 0 bridgehead atoms. The van der Waals surface area contributed by atoms with Gasteiger partial charge < -0.3 is 21.4 Å². The zero-order valence-corrected chi connectivity index (χ0v) is 18.3. The third-order valence-corrected chi connectivity index (χ3v) is 6.99. The SMILES string of the molecule is Nc1nc(/C(=N/O)C(=O)NC2C(=O)N3C(C(=O)O)=C(Sc4cnccc4Cl)CCC23)ns1. The number of pyridine rings is 1. The maximum Gasteiger partial charge on any atom is 0.353 e. The lowest BCUT2D eigenvalue weighted by atomic mass is 9.86. The number of hydrogen-bond acceptors (Lipinski definition) is 11. The number of hydrogen-bond donors (Lipinski definition) is 4. The van der Waals surface area contributed by atoms with Gasteiger partial charge in [-0.25, -0.2) is 4.79 Å². The maximum absolute atomic E-state index is 12.8. The fourth-order valence-corrected chi connectivity index (χ4v) is 5.13. The van der Waals surface area contributed by atoms with Gasteiger partial charge in [-0.2, -0.15) is 9.36 Å². The predicted octanol–water partition coefficient (Wildman–Crippen LogP) is 0.925. The minimum atomic E-state index is -1.27. The number of halogens is 1. The van der Waals surface area contributed by atoms with E-state index >= 15 is 0 Å². The van der Waals surface area contributed by atoms with Crippen LogP contribution in [0.15, 0.2) is 39.1 Å². The van der Waals surface area contributed by atoms with E-state index in [1.807, 2.05) is 0 Å². The molecule has 2 aromatic heterocycles. The molecule has 0 aromatic carbocycles. The number of nitrogen functional groups attached to an aromatic ring is 1. The van der Waals surface area contributed by atoms with Gasteiger partial charge in [0.25, 0.3) is 11.8 Å². The number of aliphatic carboxylic acids is 1. The van der Waals surface area contributed by atoms with Crippen molar-refractivity contribution in [3.63, 3.8) is 0 Å². The summed E-state index contributed by atoms with van der Waals surface area (Å²) in [5.74, 6) is -2.93. The average molecular weight is 496 g/mol. The highest BCUT2D eigenvalue weighted by Crippen LogP contribution is 2.44. The monoisotopic (exact) mass is 495 g/mol. The topological polar surface area (TPSA) is 184 Å². The number of anilines is 1. The van der Waals surface area contributed by atoms with Crippen LogP contribution in [-0.4, -0.2) is 65.1 Å². The molecule has 2 atom stereocenters. The number of aromatic nitrogens is 3. The van der Waals surface area contributed by atoms with Crippen molar-refractivity contribution in [1.82, 2.24) is 24.6 Å². The Balaban J connectivity index is 1.54. The highest BCUT2D eigenvalue weighted by molar-refractivity contribution is 8.03. The molecule has 2 unspecified atom stereocenters. The molecule has 2 aliphatic heterocycles. The summed E-state index contributed by atoms with van der Waals surface area (Å²) in [5, 5.41) is 24.8. The summed E-state index contributed by atoms with van der Waals surface area (Å²) in [6.45, 7) is 0. The molecule has 12 nitrogen and oxygen atoms in total. The van der Waals surface area contributed by atoms with Gasteiger partial charge in [-0.3, -0.25) is 19.5 Å². The van der Waals surface area contributed by atoms with Crippen molar-refractivity contribution in [1.29, 1.82) is 0 Å². The van der Waals surface area contributed by atoms with E-state index in [1.165, 1.54) is 12.4 Å². The van der Waals surface area contributed by atoms with Crippen LogP contribution < -0.4 is 11.1 Å². The second-order valence-electron chi connectivity index (χ2n) is 6.66. The first kappa shape index (κ1) is 22.0. The number of carboxylic acids is 1. The van der Waals surface area contributed by atoms with E-state index in [9.17, 15) is 24.7 Å². The third-order valence-electron chi connectivity index (χ3n) is 4.82. The van der Waals surface area contributed by atoms with Crippen LogP contribution in [-0.2, 0) is 14.4 Å². The van der Waals surface area contributed by atoms with Crippen molar-refractivity contribution in [2.24, 2.45) is 5.16 Å². The maximum atomic E-state index is 12.8. The number of amides is 2. The molecule has 4 heterocycles. The van der Waals surface area contributed by atoms with Gasteiger partial charge in [-0.15, -0.1) is 0 Å². The van der Waals surface area contributed by atoms with Crippen LogP contribution >= 0.6 is 34.9 Å². The normalized spacial score (nSPS) is 20.6. The summed E-state index contributed by atoms with van der Waals surface area (Å²) in [4.78, 5) is 47.2. The zero-order chi connectivity index (χ0) is 23.0. The van der Waals surface area contributed by atoms with E-state index in [-0.39, 0.29) is 16.7 Å². The van der Waals surface area contributed by atoms with Crippen LogP contribution in [0.1, 0.15) is 18.7 Å². The summed E-state index contributed by atoms with van der Waals surface area (Å²) >= 11 is 8.09. The number of β-lactam (4-membered cyclic amide) rings is 1. The Hall–Kier alpha value is -3.23. The molecular formula is C17H14ClN7O5S2. The molecule has 15 heteroatoms. The number of nitrogens with zero attached hydrogens (tertiary/aromatic N) is 5. The lowest BCUT2D eigenvalue weighted by Crippen LogP contribution is -2.72. The summed E-state index contributed by atoms with van der Waals surface area (Å²) in [5.41, 5.74) is 4.82. The first-order chi connectivity index (χ1) is 15.3. The fourth-order valence-electron chi connectivity index (χ4n) is 3.43. The fraction of sp³-hybridized carbons (Fsp3) is 0.235. The molecule has 1 saturated heterocycles. The molecule has 2 amide bonds. The smallest absolute Gasteiger partial charge is 0.353 e. The Bertz CT molecular complexity index is 1180. The molecule has 32 heavy (non-hydrogen) atoms. The number of allylic oxidation sites excluding steroid dienone is 1. The Morgan fingerprint density at radius 2 is 2.22 bits per heavy atom. The number of carboxylic acid groups (broad SMARTS) is 1. The number of carbonyl (C=O) groups excluding carboxylic acids is 2. The Labute approximate surface area is 193 Å². The van der Waals surface area contributed by atoms with E-state index in [1.54, 1.807) is 6.07 Å². The number of fused-ring (bicyclic) bond motifs is 1. The van der Waals surface area contributed by atoms with Crippen molar-refractivity contribution >= 4 is 63.5 Å². The number of oxime groups is 1. The molecular weight excluding hydrogens is 482 g/mol. The van der Waals surface area contributed by atoms with Crippen LogP contribution in [0.4, 0.5) is 5.13 Å². The van der Waals surface area contributed by atoms with E-state index in [0.29, 0.717) is 27.7 Å². The van der Waals surface area contributed by atoms with Crippen molar-refractivity contribution in [3.05, 3.63) is 39.9 Å². The minimum Gasteiger partial charge on any atom is -0.477 e. The van der Waals surface area contributed by atoms with E-state index in [2.05, 4.69) is 24.8 Å². The van der Waals surface area contributed by atoms with Crippen molar-refractivity contribution in [2.45, 2.75) is 29.8 Å². The Kier molecular flexibility index (Phi) is 5.99. The van der Waals surface area contributed by atoms with Gasteiger partial charge in [0.1, 0.15) is 11.7 Å². The summed E-state index contributed by atoms with van der Waals surface area (Å²) in [6, 6.07) is 0.0277. The molecule has 0 radical (unpaired) electrons. The van der Waals surface area contributed by atoms with Crippen molar-refractivity contribution in [2.75, 3.05) is 5.73 Å². The van der Waals surface area contributed by atoms with Gasteiger partial charge in [-0.05, 0) is 18.9 Å². The quantitative estimate of drug-likeness (QED) is 0.194. The third kappa shape index (κ3) is 3.87. The lowest BCUT2D eigenvalue weighted by Gasteiger charge is -2.50. The van der Waals surface area contributed by atoms with Gasteiger partial charge >= 0.3 is 5.97 Å². The van der Waals surface area contributed by atoms with E-state index in [4.69, 9.17) is 17.3 Å². The zero-order valence-electron chi connectivity index (χ0n) is 15.9. The Morgan fingerprint density at radius 1 is 1.44 bits per heavy atom. The molecule has 0 saturated carbocycles. The standard InChI is InChI=1S/C17H14ClN7O5S2/c18-6-3-4-20-5-9(6)31-8-2-1-7-10(15(27)25(7)12(8)16(28)29)21-14(26)11(23-30)13-22-17(19)32-24-13/h3-5,7,10,30H,1-2H2,(H,21,26)(H,28,29)(H2,19,22,24)/b23-11-. The highest BCUT2D eigenvalue weighted by atomic mass is 35.5. The van der Waals surface area contributed by atoms with E-state index in [0.717, 1.165) is 28.2 Å². The first-order valence-electron chi connectivity index (χ1n) is 9.01. The largest absolute Gasteiger partial charge is 0.477 e. The van der Waals surface area contributed by atoms with Crippen molar-refractivity contribution < 1.29 is 24.7 Å². The van der Waals surface area contributed by atoms with Gasteiger partial charge in [-0.1, -0.05) is 28.5 Å². The molecule has 0 aliphatic carbocycles. The predicted molar refractivity (Wildman–Crippen MR) is 114 cm³/mol. The van der Waals surface area contributed by atoms with Crippen molar-refractivity contribution in [3.8, 4) is 0 Å². The van der Waals surface area contributed by atoms with Crippen LogP contribution in [0.25, 0.3) is 0 Å². The van der Waals surface area contributed by atoms with Crippen LogP contribution in [0.5, 0.6) is 0 Å². The van der Waals surface area contributed by atoms with Gasteiger partial charge in [0.2, 0.25) is 11.5 Å². The van der Waals surface area contributed by atoms with E-state index < -0.39 is 35.6 Å². The summed E-state index contributed by atoms with van der Waals surface area (Å²) < 4.78 is 3.81. The second-order valence-corrected chi connectivity index (χ2v) is 8.98. The van der Waals surface area contributed by atoms with Crippen LogP contribution in [0, 0.1) is 0 Å². The first-order valence-corrected chi connectivity index (χ1v) is 11.0. The molecule has 2 aromatic rings. The number of carbonyl (C=O) groups is 3. The molecule has 4 rings (SSSR count). The van der Waals surface area contributed by atoms with Gasteiger partial charge in [0, 0.05) is 33.7 Å². The minimum absolute atomic E-state index is 0.0714. The second kappa shape index (κ2) is 8.72. The van der Waals surface area contributed by atoms with Gasteiger partial charge in [0.15, 0.2) is 5.13 Å². The van der Waals surface area contributed by atoms with Crippen LogP contribution in [0.2, 0.25) is 5.02 Å². The van der Waals surface area contributed by atoms with Crippen LogP contribution in [0.3, 0.4) is 0 Å². The number of rotatable bonds is 6. The molecule has 2 aliphatic rings. The number of nitrogens with one attached hydrogen (secondary N) is 1. The molecule has 166 valence electrons. The van der Waals surface area contributed by atoms with Gasteiger partial charge in [0.05, 0.1) is 11.1 Å². The summed E-state index contributed by atoms with van der Waals surface area (Å²) in [7, 11) is 0. The highest BCUT2D eigenvalue weighted by Gasteiger charge is 2.54. The number of nitrogens with two attached hydrogens (primary N) is 1. The average Bonchev–Trinajstić information content (AvgIpc) is 3.19. The number of thioether (sulfide) groups is 1. The molecule has 1 fully saturated rings. The summed E-state index contributed by atoms with van der Waals surface area (Å²) in [6.07, 6.45) is 3.79. The Morgan fingerprint density at radius 3 is 2.84 bits per heavy atom. The lowest BCUT2D eigenvalue weighted by molar-refractivity contribution is -0.155. The molecule has 5 N–H and O–H groups in total. The molecule has 0 spiro atoms.